The number of rotatable bonds is 6. The highest BCUT2D eigenvalue weighted by molar-refractivity contribution is 5.34. The largest absolute Gasteiger partial charge is 0.493 e. The first kappa shape index (κ1) is 18.3. The summed E-state index contributed by atoms with van der Waals surface area (Å²) in [6.45, 7) is 8.39. The fraction of sp³-hybridized carbons (Fsp3) is 0.478. The Morgan fingerprint density at radius 3 is 2.48 bits per heavy atom. The number of piperazine rings is 1. The molecule has 1 atom stereocenters. The van der Waals surface area contributed by atoms with Gasteiger partial charge in [-0.05, 0) is 42.5 Å². The van der Waals surface area contributed by atoms with Crippen LogP contribution in [0.4, 0.5) is 0 Å². The highest BCUT2D eigenvalue weighted by Crippen LogP contribution is 2.27. The van der Waals surface area contributed by atoms with E-state index in [2.05, 4.69) is 34.1 Å². The minimum atomic E-state index is 0.696. The van der Waals surface area contributed by atoms with Crippen molar-refractivity contribution in [3.8, 4) is 11.5 Å². The molecule has 144 valence electrons. The van der Waals surface area contributed by atoms with Crippen LogP contribution in [0, 0.1) is 5.92 Å². The molecule has 27 heavy (non-hydrogen) atoms. The zero-order valence-corrected chi connectivity index (χ0v) is 16.1. The lowest BCUT2D eigenvalue weighted by molar-refractivity contribution is 0.102. The number of para-hydroxylation sites is 2. The Bertz CT molecular complexity index is 699. The molecule has 0 amide bonds. The lowest BCUT2D eigenvalue weighted by Gasteiger charge is -2.36. The van der Waals surface area contributed by atoms with Gasteiger partial charge in [-0.2, -0.15) is 0 Å². The summed E-state index contributed by atoms with van der Waals surface area (Å²) in [5.74, 6) is 2.75. The third-order valence-corrected chi connectivity index (χ3v) is 5.67. The quantitative estimate of drug-likeness (QED) is 0.783. The third kappa shape index (κ3) is 5.24. The molecule has 0 saturated carbocycles. The molecule has 1 saturated heterocycles. The Kier molecular flexibility index (Phi) is 6.28. The third-order valence-electron chi connectivity index (χ3n) is 5.67. The molecule has 0 radical (unpaired) electrons. The maximum atomic E-state index is 5.93. The van der Waals surface area contributed by atoms with Crippen molar-refractivity contribution in [2.45, 2.75) is 12.8 Å². The molecule has 0 unspecified atom stereocenters. The highest BCUT2D eigenvalue weighted by Gasteiger charge is 2.23. The van der Waals surface area contributed by atoms with Gasteiger partial charge in [0.2, 0.25) is 0 Å². The first-order valence-electron chi connectivity index (χ1n) is 10.2. The van der Waals surface area contributed by atoms with E-state index in [0.29, 0.717) is 5.92 Å². The van der Waals surface area contributed by atoms with Crippen molar-refractivity contribution in [3.05, 3.63) is 60.2 Å². The van der Waals surface area contributed by atoms with Gasteiger partial charge in [-0.15, -0.1) is 0 Å². The molecular weight excluding hydrogens is 336 g/mol. The monoisotopic (exact) mass is 366 g/mol. The number of nitrogens with zero attached hydrogens (tertiary/aromatic N) is 2. The predicted octanol–water partition coefficient (Wildman–Crippen LogP) is 3.32. The average Bonchev–Trinajstić information content (AvgIpc) is 2.92. The molecule has 2 heterocycles. The fourth-order valence-corrected chi connectivity index (χ4v) is 4.09. The second-order valence-electron chi connectivity index (χ2n) is 7.62. The second kappa shape index (κ2) is 9.25. The van der Waals surface area contributed by atoms with Crippen molar-refractivity contribution in [2.75, 3.05) is 52.5 Å². The number of fused-ring (bicyclic) bond motifs is 1. The van der Waals surface area contributed by atoms with Crippen molar-refractivity contribution in [1.29, 1.82) is 0 Å². The van der Waals surface area contributed by atoms with E-state index >= 15 is 0 Å². The molecule has 2 aromatic rings. The molecular formula is C23H30N2O2. The number of ether oxygens (including phenoxy) is 2. The van der Waals surface area contributed by atoms with Crippen LogP contribution in [0.1, 0.15) is 12.0 Å². The normalized spacial score (nSPS) is 21.1. The van der Waals surface area contributed by atoms with Gasteiger partial charge in [0.05, 0.1) is 6.61 Å². The number of hydrogen-bond donors (Lipinski definition) is 0. The van der Waals surface area contributed by atoms with Gasteiger partial charge in [-0.3, -0.25) is 4.90 Å². The molecule has 0 spiro atoms. The van der Waals surface area contributed by atoms with Crippen LogP contribution in [0.5, 0.6) is 11.5 Å². The molecule has 2 aliphatic rings. The molecule has 2 aliphatic heterocycles. The Morgan fingerprint density at radius 2 is 1.63 bits per heavy atom. The van der Waals surface area contributed by atoms with E-state index in [1.165, 1.54) is 12.1 Å². The molecule has 0 bridgehead atoms. The molecule has 0 N–H and O–H groups in total. The summed E-state index contributed by atoms with van der Waals surface area (Å²) in [4.78, 5) is 5.15. The minimum Gasteiger partial charge on any atom is -0.493 e. The van der Waals surface area contributed by atoms with Gasteiger partial charge in [-0.25, -0.2) is 0 Å². The zero-order chi connectivity index (χ0) is 18.3. The molecule has 2 aromatic carbocycles. The van der Waals surface area contributed by atoms with Crippen LogP contribution in [0.2, 0.25) is 0 Å². The van der Waals surface area contributed by atoms with E-state index in [-0.39, 0.29) is 0 Å². The van der Waals surface area contributed by atoms with Crippen molar-refractivity contribution in [3.63, 3.8) is 0 Å². The van der Waals surface area contributed by atoms with E-state index in [1.807, 2.05) is 30.3 Å². The van der Waals surface area contributed by atoms with E-state index in [1.54, 1.807) is 0 Å². The number of benzene rings is 2. The van der Waals surface area contributed by atoms with E-state index in [0.717, 1.165) is 70.3 Å². The smallest absolute Gasteiger partial charge is 0.122 e. The van der Waals surface area contributed by atoms with Crippen LogP contribution >= 0.6 is 0 Å². The Hall–Kier alpha value is -2.04. The van der Waals surface area contributed by atoms with Crippen molar-refractivity contribution in [2.24, 2.45) is 5.92 Å². The van der Waals surface area contributed by atoms with Gasteiger partial charge in [0, 0.05) is 39.3 Å². The zero-order valence-electron chi connectivity index (χ0n) is 16.1. The second-order valence-corrected chi connectivity index (χ2v) is 7.62. The molecule has 1 fully saturated rings. The van der Waals surface area contributed by atoms with Gasteiger partial charge < -0.3 is 14.4 Å². The van der Waals surface area contributed by atoms with Crippen LogP contribution < -0.4 is 9.47 Å². The molecule has 0 aliphatic carbocycles. The summed E-state index contributed by atoms with van der Waals surface area (Å²) in [5.41, 5.74) is 1.37. The molecule has 0 aromatic heterocycles. The Morgan fingerprint density at radius 1 is 0.889 bits per heavy atom. The lowest BCUT2D eigenvalue weighted by atomic mass is 9.96. The van der Waals surface area contributed by atoms with Crippen molar-refractivity contribution in [1.82, 2.24) is 9.80 Å². The van der Waals surface area contributed by atoms with Crippen LogP contribution in [0.25, 0.3) is 0 Å². The highest BCUT2D eigenvalue weighted by atomic mass is 16.5. The van der Waals surface area contributed by atoms with E-state index in [9.17, 15) is 0 Å². The summed E-state index contributed by atoms with van der Waals surface area (Å²) >= 11 is 0. The molecule has 4 nitrogen and oxygen atoms in total. The van der Waals surface area contributed by atoms with Gasteiger partial charge in [-0.1, -0.05) is 36.4 Å². The minimum absolute atomic E-state index is 0.696. The predicted molar refractivity (Wildman–Crippen MR) is 109 cm³/mol. The summed E-state index contributed by atoms with van der Waals surface area (Å²) in [5, 5.41) is 0. The van der Waals surface area contributed by atoms with Crippen LogP contribution in [0.3, 0.4) is 0 Å². The number of hydrogen-bond acceptors (Lipinski definition) is 4. The van der Waals surface area contributed by atoms with E-state index < -0.39 is 0 Å². The molecule has 4 heteroatoms. The molecule has 4 rings (SSSR count). The van der Waals surface area contributed by atoms with Crippen LogP contribution in [-0.2, 0) is 6.42 Å². The maximum Gasteiger partial charge on any atom is 0.122 e. The van der Waals surface area contributed by atoms with Gasteiger partial charge in [0.1, 0.15) is 18.1 Å². The van der Waals surface area contributed by atoms with E-state index in [4.69, 9.17) is 9.47 Å². The summed E-state index contributed by atoms with van der Waals surface area (Å²) in [6, 6.07) is 18.6. The van der Waals surface area contributed by atoms with Crippen LogP contribution in [-0.4, -0.2) is 62.3 Å². The van der Waals surface area contributed by atoms with Crippen LogP contribution in [0.15, 0.2) is 54.6 Å². The van der Waals surface area contributed by atoms with Gasteiger partial charge in [0.15, 0.2) is 0 Å². The first-order chi connectivity index (χ1) is 13.4. The van der Waals surface area contributed by atoms with Crippen molar-refractivity contribution < 1.29 is 9.47 Å². The maximum absolute atomic E-state index is 5.93. The Labute approximate surface area is 162 Å². The average molecular weight is 367 g/mol. The lowest BCUT2D eigenvalue weighted by Crippen LogP contribution is -2.48. The van der Waals surface area contributed by atoms with Crippen molar-refractivity contribution >= 4 is 0 Å². The summed E-state index contributed by atoms with van der Waals surface area (Å²) in [6.07, 6.45) is 2.29. The summed E-state index contributed by atoms with van der Waals surface area (Å²) < 4.78 is 11.8. The SMILES string of the molecule is c1ccc(OCCN2CCN(C[C@@H]3CCOc4ccccc4C3)CC2)cc1. The Balaban J connectivity index is 1.18. The topological polar surface area (TPSA) is 24.9 Å². The first-order valence-corrected chi connectivity index (χ1v) is 10.2. The summed E-state index contributed by atoms with van der Waals surface area (Å²) in [7, 11) is 0. The fourth-order valence-electron chi connectivity index (χ4n) is 4.09. The van der Waals surface area contributed by atoms with Gasteiger partial charge >= 0.3 is 0 Å². The van der Waals surface area contributed by atoms with Gasteiger partial charge in [0.25, 0.3) is 0 Å². The standard InChI is InChI=1S/C23H30N2O2/c1-2-7-22(8-3-1)26-17-15-24-11-13-25(14-12-24)19-20-10-16-27-23-9-5-4-6-21(23)18-20/h1-9,20H,10-19H2/t20-/m1/s1.